The largest absolute Gasteiger partial charge is 0.291 e. The molecule has 0 radical (unpaired) electrons. The Bertz CT molecular complexity index is 551. The molecule has 0 fully saturated rings. The van der Waals surface area contributed by atoms with Crippen LogP contribution in [0.1, 0.15) is 12.6 Å². The minimum atomic E-state index is -0.573. The van der Waals surface area contributed by atoms with Gasteiger partial charge in [-0.15, -0.1) is 11.6 Å². The topological polar surface area (TPSA) is 38.1 Å². The van der Waals surface area contributed by atoms with Crippen LogP contribution in [-0.2, 0) is 11.5 Å². The molecule has 1 unspecified atom stereocenters. The van der Waals surface area contributed by atoms with Gasteiger partial charge in [0.15, 0.2) is 0 Å². The number of anilines is 1. The molecule has 0 aliphatic carbocycles. The fourth-order valence-electron chi connectivity index (χ4n) is 1.78. The van der Waals surface area contributed by atoms with Crippen molar-refractivity contribution in [3.05, 3.63) is 48.3 Å². The zero-order chi connectivity index (χ0) is 13.8. The number of benzene rings is 1. The SMILES string of the molecule is Cc1ccnn1CN(C(=O)C(C)Cl)c1ccccc1. The highest BCUT2D eigenvalue weighted by Gasteiger charge is 2.21. The van der Waals surface area contributed by atoms with Crippen molar-refractivity contribution in [1.29, 1.82) is 0 Å². The van der Waals surface area contributed by atoms with E-state index in [1.165, 1.54) is 0 Å². The second-order valence-corrected chi connectivity index (χ2v) is 4.99. The Labute approximate surface area is 117 Å². The summed E-state index contributed by atoms with van der Waals surface area (Å²) in [4.78, 5) is 13.9. The molecule has 1 aromatic heterocycles. The Kier molecular flexibility index (Phi) is 4.22. The number of rotatable bonds is 4. The van der Waals surface area contributed by atoms with Crippen LogP contribution in [0.25, 0.3) is 0 Å². The van der Waals surface area contributed by atoms with Gasteiger partial charge in [0, 0.05) is 17.6 Å². The Hall–Kier alpha value is -1.81. The molecule has 0 saturated carbocycles. The first-order valence-electron chi connectivity index (χ1n) is 6.08. The first-order chi connectivity index (χ1) is 9.09. The van der Waals surface area contributed by atoms with Crippen LogP contribution in [0.15, 0.2) is 42.6 Å². The lowest BCUT2D eigenvalue weighted by atomic mass is 10.2. The number of para-hydroxylation sites is 1. The number of carbonyl (C=O) groups is 1. The minimum absolute atomic E-state index is 0.136. The van der Waals surface area contributed by atoms with Crippen molar-refractivity contribution in [3.63, 3.8) is 0 Å². The van der Waals surface area contributed by atoms with Crippen LogP contribution < -0.4 is 4.90 Å². The average Bonchev–Trinajstić information content (AvgIpc) is 2.81. The molecule has 2 aromatic rings. The minimum Gasteiger partial charge on any atom is -0.291 e. The average molecular weight is 278 g/mol. The predicted octanol–water partition coefficient (Wildman–Crippen LogP) is 2.81. The van der Waals surface area contributed by atoms with Crippen LogP contribution in [0.5, 0.6) is 0 Å². The summed E-state index contributed by atoms with van der Waals surface area (Å²) in [5.41, 5.74) is 1.81. The number of hydrogen-bond acceptors (Lipinski definition) is 2. The third-order valence-corrected chi connectivity index (χ3v) is 3.07. The number of aryl methyl sites for hydroxylation is 1. The van der Waals surface area contributed by atoms with E-state index in [4.69, 9.17) is 11.6 Å². The highest BCUT2D eigenvalue weighted by atomic mass is 35.5. The van der Waals surface area contributed by atoms with Crippen LogP contribution in [0.2, 0.25) is 0 Å². The summed E-state index contributed by atoms with van der Waals surface area (Å²) < 4.78 is 1.77. The second kappa shape index (κ2) is 5.89. The van der Waals surface area contributed by atoms with E-state index in [0.29, 0.717) is 6.67 Å². The fraction of sp³-hybridized carbons (Fsp3) is 0.286. The second-order valence-electron chi connectivity index (χ2n) is 4.33. The lowest BCUT2D eigenvalue weighted by molar-refractivity contribution is -0.118. The molecule has 1 amide bonds. The molecule has 0 saturated heterocycles. The summed E-state index contributed by atoms with van der Waals surface area (Å²) >= 11 is 5.93. The Balaban J connectivity index is 2.30. The molecular formula is C14H16ClN3O. The summed E-state index contributed by atoms with van der Waals surface area (Å²) in [6.45, 7) is 3.99. The van der Waals surface area contributed by atoms with Crippen molar-refractivity contribution in [1.82, 2.24) is 9.78 Å². The van der Waals surface area contributed by atoms with E-state index in [2.05, 4.69) is 5.10 Å². The molecule has 1 atom stereocenters. The molecule has 19 heavy (non-hydrogen) atoms. The molecular weight excluding hydrogens is 262 g/mol. The van der Waals surface area contributed by atoms with Crippen LogP contribution in [0, 0.1) is 6.92 Å². The van der Waals surface area contributed by atoms with Crippen molar-refractivity contribution in [2.24, 2.45) is 0 Å². The number of carbonyl (C=O) groups excluding carboxylic acids is 1. The van der Waals surface area contributed by atoms with Gasteiger partial charge in [-0.25, -0.2) is 4.68 Å². The molecule has 1 aromatic carbocycles. The van der Waals surface area contributed by atoms with Gasteiger partial charge in [0.2, 0.25) is 5.91 Å². The zero-order valence-electron chi connectivity index (χ0n) is 11.0. The number of aromatic nitrogens is 2. The molecule has 100 valence electrons. The summed E-state index contributed by atoms with van der Waals surface area (Å²) in [5.74, 6) is -0.136. The summed E-state index contributed by atoms with van der Waals surface area (Å²) in [6.07, 6.45) is 1.72. The van der Waals surface area contributed by atoms with Crippen molar-refractivity contribution >= 4 is 23.2 Å². The Morgan fingerprint density at radius 2 is 2.05 bits per heavy atom. The van der Waals surface area contributed by atoms with Gasteiger partial charge in [-0.2, -0.15) is 5.10 Å². The monoisotopic (exact) mass is 277 g/mol. The molecule has 0 spiro atoms. The van der Waals surface area contributed by atoms with Crippen LogP contribution in [0.3, 0.4) is 0 Å². The Morgan fingerprint density at radius 1 is 1.37 bits per heavy atom. The molecule has 4 nitrogen and oxygen atoms in total. The number of halogens is 1. The number of hydrogen-bond donors (Lipinski definition) is 0. The quantitative estimate of drug-likeness (QED) is 0.806. The number of alkyl halides is 1. The third-order valence-electron chi connectivity index (χ3n) is 2.88. The maximum atomic E-state index is 12.2. The van der Waals surface area contributed by atoms with Gasteiger partial charge in [-0.05, 0) is 32.0 Å². The van der Waals surface area contributed by atoms with E-state index >= 15 is 0 Å². The van der Waals surface area contributed by atoms with Gasteiger partial charge in [-0.1, -0.05) is 18.2 Å². The summed E-state index contributed by atoms with van der Waals surface area (Å²) in [7, 11) is 0. The van der Waals surface area contributed by atoms with Crippen LogP contribution in [-0.4, -0.2) is 21.1 Å². The van der Waals surface area contributed by atoms with Gasteiger partial charge < -0.3 is 0 Å². The first-order valence-corrected chi connectivity index (χ1v) is 6.52. The van der Waals surface area contributed by atoms with E-state index in [-0.39, 0.29) is 5.91 Å². The van der Waals surface area contributed by atoms with Crippen LogP contribution >= 0.6 is 11.6 Å². The lowest BCUT2D eigenvalue weighted by Gasteiger charge is -2.24. The fourth-order valence-corrected chi connectivity index (χ4v) is 1.90. The maximum Gasteiger partial charge on any atom is 0.246 e. The van der Waals surface area contributed by atoms with Crippen molar-refractivity contribution < 1.29 is 4.79 Å². The lowest BCUT2D eigenvalue weighted by Crippen LogP contribution is -2.37. The third kappa shape index (κ3) is 3.15. The molecule has 2 rings (SSSR count). The van der Waals surface area contributed by atoms with E-state index in [0.717, 1.165) is 11.4 Å². The normalized spacial score (nSPS) is 12.2. The number of nitrogens with zero attached hydrogens (tertiary/aromatic N) is 3. The van der Waals surface area contributed by atoms with Crippen molar-refractivity contribution in [2.45, 2.75) is 25.9 Å². The van der Waals surface area contributed by atoms with E-state index in [1.54, 1.807) is 22.7 Å². The summed E-state index contributed by atoms with van der Waals surface area (Å²) in [5, 5.41) is 3.63. The molecule has 0 bridgehead atoms. The molecule has 1 heterocycles. The smallest absolute Gasteiger partial charge is 0.246 e. The predicted molar refractivity (Wildman–Crippen MR) is 76.2 cm³/mol. The summed E-state index contributed by atoms with van der Waals surface area (Å²) in [6, 6.07) is 11.4. The number of amides is 1. The van der Waals surface area contributed by atoms with Gasteiger partial charge >= 0.3 is 0 Å². The van der Waals surface area contributed by atoms with Crippen molar-refractivity contribution in [2.75, 3.05) is 4.90 Å². The van der Waals surface area contributed by atoms with Gasteiger partial charge in [0.05, 0.1) is 0 Å². The molecule has 0 aliphatic rings. The highest BCUT2D eigenvalue weighted by Crippen LogP contribution is 2.17. The molecule has 5 heteroatoms. The van der Waals surface area contributed by atoms with E-state index in [9.17, 15) is 4.79 Å². The van der Waals surface area contributed by atoms with Crippen molar-refractivity contribution in [3.8, 4) is 0 Å². The highest BCUT2D eigenvalue weighted by molar-refractivity contribution is 6.32. The maximum absolute atomic E-state index is 12.2. The van der Waals surface area contributed by atoms with E-state index in [1.807, 2.05) is 43.3 Å². The first kappa shape index (κ1) is 13.6. The van der Waals surface area contributed by atoms with Gasteiger partial charge in [0.1, 0.15) is 12.0 Å². The van der Waals surface area contributed by atoms with Gasteiger partial charge in [0.25, 0.3) is 0 Å². The van der Waals surface area contributed by atoms with Crippen LogP contribution in [0.4, 0.5) is 5.69 Å². The molecule has 0 aliphatic heterocycles. The standard InChI is InChI=1S/C14H16ClN3O/c1-11-8-9-16-18(11)10-17(14(19)12(2)15)13-6-4-3-5-7-13/h3-9,12H,10H2,1-2H3. The Morgan fingerprint density at radius 3 is 2.58 bits per heavy atom. The van der Waals surface area contributed by atoms with E-state index < -0.39 is 5.38 Å². The zero-order valence-corrected chi connectivity index (χ0v) is 11.7. The molecule has 0 N–H and O–H groups in total. The van der Waals surface area contributed by atoms with Gasteiger partial charge in [-0.3, -0.25) is 9.69 Å².